The summed E-state index contributed by atoms with van der Waals surface area (Å²) in [6.45, 7) is 5.29. The van der Waals surface area contributed by atoms with Crippen molar-refractivity contribution in [2.24, 2.45) is 5.92 Å². The van der Waals surface area contributed by atoms with E-state index < -0.39 is 0 Å². The summed E-state index contributed by atoms with van der Waals surface area (Å²) in [5.41, 5.74) is 6.92. The van der Waals surface area contributed by atoms with E-state index in [9.17, 15) is 9.59 Å². The molecule has 9 heteroatoms. The number of hydrogen-bond acceptors (Lipinski definition) is 6. The van der Waals surface area contributed by atoms with E-state index in [2.05, 4.69) is 42.6 Å². The number of aromatic amines is 2. The first-order valence-electron chi connectivity index (χ1n) is 12.2. The minimum absolute atomic E-state index is 0.0516. The highest BCUT2D eigenvalue weighted by Crippen LogP contribution is 2.37. The zero-order valence-corrected chi connectivity index (χ0v) is 21.8. The monoisotopic (exact) mass is 520 g/mol. The average Bonchev–Trinajstić information content (AvgIpc) is 3.66. The second-order valence-corrected chi connectivity index (χ2v) is 10.6. The van der Waals surface area contributed by atoms with Gasteiger partial charge in [0, 0.05) is 45.1 Å². The fourth-order valence-electron chi connectivity index (χ4n) is 4.40. The molecule has 5 heterocycles. The summed E-state index contributed by atoms with van der Waals surface area (Å²) in [6, 6.07) is 13.9. The fraction of sp³-hybridized carbons (Fsp3) is 0.138. The van der Waals surface area contributed by atoms with Crippen LogP contribution in [0.15, 0.2) is 67.3 Å². The maximum Gasteiger partial charge on any atom is 0.226 e. The summed E-state index contributed by atoms with van der Waals surface area (Å²) in [5.74, 6) is -0.117. The van der Waals surface area contributed by atoms with E-state index in [1.165, 1.54) is 11.3 Å². The van der Waals surface area contributed by atoms with Crippen molar-refractivity contribution in [3.63, 3.8) is 0 Å². The lowest BCUT2D eigenvalue weighted by Crippen LogP contribution is -2.17. The van der Waals surface area contributed by atoms with E-state index in [0.717, 1.165) is 59.6 Å². The number of carbonyl (C=O) groups excluding carboxylic acids is 2. The number of amides is 1. The molecule has 6 aromatic rings. The standard InChI is InChI=1S/C29H24N6O2S/c1-15(2)29(37)32-19-8-18(11-30-12-19)17-4-5-23-21(9-17)28(35-34-23)24-10-20-22(13-31-14-25(20)33-24)27-7-6-26(38-27)16(3)36/h4-15,33H,1-3H3,(H,32,37)(H,34,35). The van der Waals surface area contributed by atoms with Crippen molar-refractivity contribution in [1.82, 2.24) is 25.1 Å². The van der Waals surface area contributed by atoms with Crippen LogP contribution >= 0.6 is 11.3 Å². The predicted octanol–water partition coefficient (Wildman–Crippen LogP) is 6.69. The van der Waals surface area contributed by atoms with Crippen LogP contribution in [0.1, 0.15) is 30.4 Å². The summed E-state index contributed by atoms with van der Waals surface area (Å²) in [4.78, 5) is 37.9. The molecule has 0 bridgehead atoms. The Morgan fingerprint density at radius 1 is 0.895 bits per heavy atom. The van der Waals surface area contributed by atoms with Crippen LogP contribution in [0.25, 0.3) is 54.8 Å². The first-order chi connectivity index (χ1) is 18.4. The van der Waals surface area contributed by atoms with Crippen LogP contribution < -0.4 is 5.32 Å². The quantitative estimate of drug-likeness (QED) is 0.211. The van der Waals surface area contributed by atoms with Crippen molar-refractivity contribution < 1.29 is 9.59 Å². The largest absolute Gasteiger partial charge is 0.352 e. The van der Waals surface area contributed by atoms with Crippen molar-refractivity contribution in [3.05, 3.63) is 72.1 Å². The van der Waals surface area contributed by atoms with Gasteiger partial charge in [0.25, 0.3) is 0 Å². The van der Waals surface area contributed by atoms with Gasteiger partial charge >= 0.3 is 0 Å². The Balaban J connectivity index is 1.40. The smallest absolute Gasteiger partial charge is 0.226 e. The number of benzene rings is 1. The number of ketones is 1. The van der Waals surface area contributed by atoms with Crippen LogP contribution in [0, 0.1) is 5.92 Å². The van der Waals surface area contributed by atoms with E-state index in [0.29, 0.717) is 5.69 Å². The van der Waals surface area contributed by atoms with Gasteiger partial charge in [-0.25, -0.2) is 0 Å². The number of Topliss-reactive ketones (excluding diaryl/α,β-unsaturated/α-hetero) is 1. The van der Waals surface area contributed by atoms with Gasteiger partial charge in [-0.15, -0.1) is 11.3 Å². The molecule has 0 atom stereocenters. The molecular formula is C29H24N6O2S. The number of fused-ring (bicyclic) bond motifs is 2. The van der Waals surface area contributed by atoms with Gasteiger partial charge in [0.1, 0.15) is 5.69 Å². The van der Waals surface area contributed by atoms with Gasteiger partial charge in [0.15, 0.2) is 5.78 Å². The van der Waals surface area contributed by atoms with Gasteiger partial charge in [-0.05, 0) is 48.9 Å². The highest BCUT2D eigenvalue weighted by Gasteiger charge is 2.16. The van der Waals surface area contributed by atoms with Crippen LogP contribution in [0.4, 0.5) is 5.69 Å². The third-order valence-electron chi connectivity index (χ3n) is 6.45. The molecule has 1 aromatic carbocycles. The third kappa shape index (κ3) is 4.26. The van der Waals surface area contributed by atoms with Crippen molar-refractivity contribution >= 4 is 50.5 Å². The number of nitrogens with one attached hydrogen (secondary N) is 3. The zero-order chi connectivity index (χ0) is 26.4. The van der Waals surface area contributed by atoms with Gasteiger partial charge in [-0.3, -0.25) is 24.7 Å². The molecule has 38 heavy (non-hydrogen) atoms. The molecule has 0 fully saturated rings. The van der Waals surface area contributed by atoms with Gasteiger partial charge in [-0.1, -0.05) is 19.9 Å². The Morgan fingerprint density at radius 2 is 1.74 bits per heavy atom. The van der Waals surface area contributed by atoms with Crippen LogP contribution in [0.5, 0.6) is 0 Å². The van der Waals surface area contributed by atoms with Crippen molar-refractivity contribution in [2.75, 3.05) is 5.32 Å². The molecule has 0 aliphatic rings. The Labute approximate surface area is 222 Å². The number of pyridine rings is 2. The van der Waals surface area contributed by atoms with Crippen LogP contribution in [0.3, 0.4) is 0 Å². The van der Waals surface area contributed by atoms with E-state index in [4.69, 9.17) is 0 Å². The number of nitrogens with zero attached hydrogens (tertiary/aromatic N) is 3. The van der Waals surface area contributed by atoms with Crippen LogP contribution in [-0.4, -0.2) is 36.8 Å². The summed E-state index contributed by atoms with van der Waals surface area (Å²) in [6.07, 6.45) is 7.05. The van der Waals surface area contributed by atoms with Crippen molar-refractivity contribution in [3.8, 4) is 33.0 Å². The van der Waals surface area contributed by atoms with E-state index in [1.807, 2.05) is 50.4 Å². The summed E-state index contributed by atoms with van der Waals surface area (Å²) in [7, 11) is 0. The Kier molecular flexibility index (Phi) is 5.84. The summed E-state index contributed by atoms with van der Waals surface area (Å²) in [5, 5.41) is 12.6. The molecule has 0 spiro atoms. The average molecular weight is 521 g/mol. The van der Waals surface area contributed by atoms with Gasteiger partial charge in [0.05, 0.1) is 39.7 Å². The number of H-pyrrole nitrogens is 2. The molecule has 0 unspecified atom stereocenters. The molecule has 0 saturated carbocycles. The number of aromatic nitrogens is 5. The Morgan fingerprint density at radius 3 is 2.53 bits per heavy atom. The maximum atomic E-state index is 12.1. The van der Waals surface area contributed by atoms with Crippen LogP contribution in [0.2, 0.25) is 0 Å². The number of carbonyl (C=O) groups is 2. The SMILES string of the molecule is CC(=O)c1ccc(-c2cncc3[nH]c(-c4n[nH]c5ccc(-c6cncc(NC(=O)C(C)C)c6)cc45)cc23)s1. The number of anilines is 1. The molecule has 8 nitrogen and oxygen atoms in total. The van der Waals surface area contributed by atoms with E-state index >= 15 is 0 Å². The molecule has 0 radical (unpaired) electrons. The molecule has 0 aliphatic carbocycles. The number of thiophene rings is 1. The van der Waals surface area contributed by atoms with Gasteiger partial charge in [-0.2, -0.15) is 5.10 Å². The minimum Gasteiger partial charge on any atom is -0.352 e. The lowest BCUT2D eigenvalue weighted by Gasteiger charge is -2.09. The first kappa shape index (κ1) is 23.7. The van der Waals surface area contributed by atoms with Gasteiger partial charge in [0.2, 0.25) is 5.91 Å². The molecule has 0 saturated heterocycles. The fourth-order valence-corrected chi connectivity index (χ4v) is 5.32. The molecule has 6 rings (SSSR count). The van der Waals surface area contributed by atoms with E-state index in [-0.39, 0.29) is 17.6 Å². The normalized spacial score (nSPS) is 11.5. The van der Waals surface area contributed by atoms with Gasteiger partial charge < -0.3 is 10.3 Å². The predicted molar refractivity (Wildman–Crippen MR) is 151 cm³/mol. The Hall–Kier alpha value is -4.63. The van der Waals surface area contributed by atoms with E-state index in [1.54, 1.807) is 25.5 Å². The highest BCUT2D eigenvalue weighted by molar-refractivity contribution is 7.17. The second-order valence-electron chi connectivity index (χ2n) is 9.49. The molecule has 188 valence electrons. The highest BCUT2D eigenvalue weighted by atomic mass is 32.1. The summed E-state index contributed by atoms with van der Waals surface area (Å²) >= 11 is 1.47. The Bertz CT molecular complexity index is 1840. The number of rotatable bonds is 6. The lowest BCUT2D eigenvalue weighted by molar-refractivity contribution is -0.118. The molecule has 3 N–H and O–H groups in total. The van der Waals surface area contributed by atoms with Crippen molar-refractivity contribution in [1.29, 1.82) is 0 Å². The molecule has 1 amide bonds. The minimum atomic E-state index is -0.119. The maximum absolute atomic E-state index is 12.1. The molecule has 0 aliphatic heterocycles. The topological polar surface area (TPSA) is 116 Å². The molecular weight excluding hydrogens is 496 g/mol. The summed E-state index contributed by atoms with van der Waals surface area (Å²) < 4.78 is 0. The third-order valence-corrected chi connectivity index (χ3v) is 7.66. The van der Waals surface area contributed by atoms with Crippen molar-refractivity contribution in [2.45, 2.75) is 20.8 Å². The number of hydrogen-bond donors (Lipinski definition) is 3. The van der Waals surface area contributed by atoms with Crippen LogP contribution in [-0.2, 0) is 4.79 Å². The zero-order valence-electron chi connectivity index (χ0n) is 21.0. The molecule has 5 aromatic heterocycles. The lowest BCUT2D eigenvalue weighted by atomic mass is 10.0. The first-order valence-corrected chi connectivity index (χ1v) is 13.0. The second kappa shape index (κ2) is 9.35.